The van der Waals surface area contributed by atoms with E-state index in [1.807, 2.05) is 0 Å². The number of halogens is 7. The van der Waals surface area contributed by atoms with Gasteiger partial charge in [-0.3, -0.25) is 4.79 Å². The molecule has 0 radical (unpaired) electrons. The maximum Gasteiger partial charge on any atom is 0.410 e. The average molecular weight is 273 g/mol. The zero-order chi connectivity index (χ0) is 11.1. The van der Waals surface area contributed by atoms with Gasteiger partial charge in [0.2, 0.25) is 10.1 Å². The van der Waals surface area contributed by atoms with E-state index in [0.29, 0.717) is 0 Å². The molecule has 0 bridgehead atoms. The zero-order valence-corrected chi connectivity index (χ0v) is 7.64. The van der Waals surface area contributed by atoms with Crippen LogP contribution in [-0.4, -0.2) is 17.0 Å². The summed E-state index contributed by atoms with van der Waals surface area (Å²) in [5.41, 5.74) is -4.35. The topological polar surface area (TPSA) is 17.1 Å². The van der Waals surface area contributed by atoms with Crippen molar-refractivity contribution >= 4 is 20.6 Å². The maximum absolute atomic E-state index is 11.9. The minimum absolute atomic E-state index is 0.218. The fourth-order valence-electron chi connectivity index (χ4n) is 0.384. The summed E-state index contributed by atoms with van der Waals surface area (Å²) in [7, 11) is 0. The van der Waals surface area contributed by atoms with Crippen molar-refractivity contribution < 1.29 is 31.1 Å². The lowest BCUT2D eigenvalue weighted by atomic mass is 9.91. The monoisotopic (exact) mass is 272 g/mol. The summed E-state index contributed by atoms with van der Waals surface area (Å²) in [6.07, 6.45) is -11.3. The molecule has 0 aromatic rings. The van der Waals surface area contributed by atoms with Gasteiger partial charge in [0.1, 0.15) is 0 Å². The van der Waals surface area contributed by atoms with Crippen LogP contribution in [0.4, 0.5) is 26.3 Å². The first-order chi connectivity index (χ1) is 5.44. The van der Waals surface area contributed by atoms with Crippen molar-refractivity contribution in [3.05, 3.63) is 0 Å². The predicted molar refractivity (Wildman–Crippen MR) is 34.2 cm³/mol. The second kappa shape index (κ2) is 3.14. The van der Waals surface area contributed by atoms with Crippen LogP contribution in [0.1, 0.15) is 6.92 Å². The van der Waals surface area contributed by atoms with Crippen LogP contribution >= 0.6 is 15.9 Å². The van der Waals surface area contributed by atoms with Crippen LogP contribution in [0.2, 0.25) is 0 Å². The molecular formula is C5H3BrF6O. The maximum atomic E-state index is 11.9. The van der Waals surface area contributed by atoms with Crippen molar-refractivity contribution in [1.82, 2.24) is 0 Å². The third kappa shape index (κ3) is 1.97. The summed E-state index contributed by atoms with van der Waals surface area (Å²) >= 11 is 1.69. The Labute approximate surface area is 77.2 Å². The molecule has 0 spiro atoms. The van der Waals surface area contributed by atoms with Gasteiger partial charge in [0, 0.05) is 0 Å². The Morgan fingerprint density at radius 1 is 1.00 bits per heavy atom. The van der Waals surface area contributed by atoms with Crippen molar-refractivity contribution in [3.8, 4) is 0 Å². The molecule has 0 rings (SSSR count). The highest BCUT2D eigenvalue weighted by molar-refractivity contribution is 9.18. The molecule has 0 aromatic heterocycles. The Morgan fingerprint density at radius 3 is 1.23 bits per heavy atom. The summed E-state index contributed by atoms with van der Waals surface area (Å²) < 4.78 is 69.1. The fourth-order valence-corrected chi connectivity index (χ4v) is 0.833. The first-order valence-corrected chi connectivity index (χ1v) is 3.57. The lowest BCUT2D eigenvalue weighted by Gasteiger charge is -2.30. The molecule has 0 saturated carbocycles. The first-order valence-electron chi connectivity index (χ1n) is 2.78. The largest absolute Gasteiger partial charge is 0.410 e. The van der Waals surface area contributed by atoms with Crippen LogP contribution in [0.5, 0.6) is 0 Å². The molecule has 78 valence electrons. The Hall–Kier alpha value is -0.270. The molecule has 0 aliphatic rings. The van der Waals surface area contributed by atoms with Crippen molar-refractivity contribution in [1.29, 1.82) is 0 Å². The molecule has 0 saturated heterocycles. The average Bonchev–Trinajstić information content (AvgIpc) is 1.80. The highest BCUT2D eigenvalue weighted by Gasteiger charge is 2.71. The highest BCUT2D eigenvalue weighted by atomic mass is 79.9. The van der Waals surface area contributed by atoms with Gasteiger partial charge < -0.3 is 0 Å². The highest BCUT2D eigenvalue weighted by Crippen LogP contribution is 2.51. The van der Waals surface area contributed by atoms with E-state index in [-0.39, 0.29) is 6.92 Å². The molecule has 8 heteroatoms. The van der Waals surface area contributed by atoms with Crippen molar-refractivity contribution in [2.24, 2.45) is 5.41 Å². The molecule has 1 nitrogen and oxygen atoms in total. The summed E-state index contributed by atoms with van der Waals surface area (Å²) in [6, 6.07) is 0. The van der Waals surface area contributed by atoms with E-state index >= 15 is 0 Å². The third-order valence-electron chi connectivity index (χ3n) is 1.53. The molecule has 0 N–H and O–H groups in total. The van der Waals surface area contributed by atoms with E-state index in [1.165, 1.54) is 0 Å². The van der Waals surface area contributed by atoms with Gasteiger partial charge in [0.15, 0.2) is 0 Å². The standard InChI is InChI=1S/C5H3BrF6O/c1-3(2(6)13,4(7,8)9)5(10,11)12/h1H3. The Balaban J connectivity index is 5.35. The molecule has 0 aromatic carbocycles. The van der Waals surface area contributed by atoms with E-state index < -0.39 is 22.5 Å². The van der Waals surface area contributed by atoms with Gasteiger partial charge in [-0.25, -0.2) is 0 Å². The van der Waals surface area contributed by atoms with Crippen LogP contribution < -0.4 is 0 Å². The second-order valence-electron chi connectivity index (χ2n) is 2.39. The molecule has 0 heterocycles. The number of carbonyl (C=O) groups is 1. The van der Waals surface area contributed by atoms with Crippen LogP contribution in [0.3, 0.4) is 0 Å². The lowest BCUT2D eigenvalue weighted by Crippen LogP contribution is -2.51. The fraction of sp³-hybridized carbons (Fsp3) is 0.800. The molecule has 0 fully saturated rings. The van der Waals surface area contributed by atoms with Crippen molar-refractivity contribution in [2.75, 3.05) is 0 Å². The Bertz CT molecular complexity index is 202. The van der Waals surface area contributed by atoms with Crippen molar-refractivity contribution in [2.45, 2.75) is 19.3 Å². The molecule has 0 aliphatic heterocycles. The molecule has 0 unspecified atom stereocenters. The summed E-state index contributed by atoms with van der Waals surface area (Å²) in [4.78, 5) is 10.2. The number of hydrogen-bond acceptors (Lipinski definition) is 1. The van der Waals surface area contributed by atoms with E-state index in [2.05, 4.69) is 0 Å². The number of carbonyl (C=O) groups excluding carboxylic acids is 1. The van der Waals surface area contributed by atoms with Crippen molar-refractivity contribution in [3.63, 3.8) is 0 Å². The minimum Gasteiger partial charge on any atom is -0.285 e. The number of rotatable bonds is 1. The molecule has 13 heavy (non-hydrogen) atoms. The quantitative estimate of drug-likeness (QED) is 0.530. The molecule has 0 amide bonds. The SMILES string of the molecule is CC(C(=O)Br)(C(F)(F)F)C(F)(F)F. The summed E-state index contributed by atoms with van der Waals surface area (Å²) in [5.74, 6) is 0. The molecule has 0 atom stereocenters. The molecule has 0 aliphatic carbocycles. The van der Waals surface area contributed by atoms with Crippen LogP contribution in [0, 0.1) is 5.41 Å². The minimum atomic E-state index is -5.66. The van der Waals surface area contributed by atoms with E-state index in [0.717, 1.165) is 0 Å². The van der Waals surface area contributed by atoms with Gasteiger partial charge in [-0.2, -0.15) is 26.3 Å². The second-order valence-corrected chi connectivity index (χ2v) is 3.11. The van der Waals surface area contributed by atoms with Gasteiger partial charge in [-0.15, -0.1) is 0 Å². The van der Waals surface area contributed by atoms with Gasteiger partial charge >= 0.3 is 12.4 Å². The van der Waals surface area contributed by atoms with E-state index in [9.17, 15) is 31.1 Å². The van der Waals surface area contributed by atoms with Gasteiger partial charge in [-0.1, -0.05) is 0 Å². The number of alkyl halides is 6. The third-order valence-corrected chi connectivity index (χ3v) is 2.32. The summed E-state index contributed by atoms with van der Waals surface area (Å²) in [5, 5.41) is 0. The normalized spacial score (nSPS) is 14.5. The molecular weight excluding hydrogens is 270 g/mol. The first kappa shape index (κ1) is 12.7. The predicted octanol–water partition coefficient (Wildman–Crippen LogP) is 3.04. The van der Waals surface area contributed by atoms with E-state index in [4.69, 9.17) is 0 Å². The van der Waals surface area contributed by atoms with Crippen LogP contribution in [0.25, 0.3) is 0 Å². The van der Waals surface area contributed by atoms with Gasteiger partial charge in [0.25, 0.3) is 0 Å². The summed E-state index contributed by atoms with van der Waals surface area (Å²) in [6.45, 7) is -0.218. The van der Waals surface area contributed by atoms with E-state index in [1.54, 1.807) is 15.9 Å². The van der Waals surface area contributed by atoms with Crippen LogP contribution in [0.15, 0.2) is 0 Å². The lowest BCUT2D eigenvalue weighted by molar-refractivity contribution is -0.314. The smallest absolute Gasteiger partial charge is 0.285 e. The van der Waals surface area contributed by atoms with Crippen LogP contribution in [-0.2, 0) is 4.79 Å². The van der Waals surface area contributed by atoms with Gasteiger partial charge in [0.05, 0.1) is 0 Å². The number of hydrogen-bond donors (Lipinski definition) is 0. The Kier molecular flexibility index (Phi) is 3.08. The Morgan fingerprint density at radius 2 is 1.23 bits per heavy atom. The zero-order valence-electron chi connectivity index (χ0n) is 6.05. The van der Waals surface area contributed by atoms with Gasteiger partial charge in [-0.05, 0) is 22.9 Å².